The first kappa shape index (κ1) is 24.1. The number of amides is 1. The Morgan fingerprint density at radius 2 is 1.31 bits per heavy atom. The van der Waals surface area contributed by atoms with Crippen LogP contribution < -0.4 is 10.6 Å². The molecule has 8 nitrogen and oxygen atoms in total. The van der Waals surface area contributed by atoms with Crippen LogP contribution in [0.25, 0.3) is 28.7 Å². The number of H-pyrrole nitrogens is 1. The van der Waals surface area contributed by atoms with E-state index in [2.05, 4.69) is 10.2 Å². The Morgan fingerprint density at radius 3 is 1.92 bits per heavy atom. The molecule has 0 radical (unpaired) electrons. The van der Waals surface area contributed by atoms with Gasteiger partial charge in [-0.2, -0.15) is 15.2 Å². The maximum Gasteiger partial charge on any atom is 0.280 e. The third-order valence-corrected chi connectivity index (χ3v) is 6.78. The Morgan fingerprint density at radius 1 is 0.744 bits per heavy atom. The maximum atomic E-state index is 13.9. The summed E-state index contributed by atoms with van der Waals surface area (Å²) in [6.07, 6.45) is 1.81. The summed E-state index contributed by atoms with van der Waals surface area (Å²) in [6.45, 7) is 5.57. The van der Waals surface area contributed by atoms with E-state index in [0.717, 1.165) is 11.4 Å². The Balaban J connectivity index is 1.57. The van der Waals surface area contributed by atoms with Crippen molar-refractivity contribution in [1.82, 2.24) is 19.6 Å². The van der Waals surface area contributed by atoms with Crippen molar-refractivity contribution in [3.8, 4) is 22.6 Å². The van der Waals surface area contributed by atoms with Gasteiger partial charge in [-0.05, 0) is 63.2 Å². The number of para-hydroxylation sites is 3. The van der Waals surface area contributed by atoms with E-state index in [1.54, 1.807) is 10.8 Å². The van der Waals surface area contributed by atoms with Gasteiger partial charge in [-0.3, -0.25) is 14.7 Å². The molecule has 6 rings (SSSR count). The van der Waals surface area contributed by atoms with Crippen LogP contribution in [0, 0.1) is 13.8 Å². The molecule has 0 fully saturated rings. The number of hydrazone groups is 1. The summed E-state index contributed by atoms with van der Waals surface area (Å²) in [4.78, 5) is 27.4. The molecule has 1 amide bonds. The fourth-order valence-electron chi connectivity index (χ4n) is 4.87. The lowest BCUT2D eigenvalue weighted by molar-refractivity contribution is -0.114. The summed E-state index contributed by atoms with van der Waals surface area (Å²) in [5, 5.41) is 14.0. The van der Waals surface area contributed by atoms with Crippen LogP contribution in [0.15, 0.2) is 106 Å². The van der Waals surface area contributed by atoms with Crippen molar-refractivity contribution < 1.29 is 4.79 Å². The van der Waals surface area contributed by atoms with Crippen LogP contribution in [0.1, 0.15) is 23.9 Å². The van der Waals surface area contributed by atoms with Crippen molar-refractivity contribution in [2.45, 2.75) is 20.8 Å². The third kappa shape index (κ3) is 4.12. The van der Waals surface area contributed by atoms with Gasteiger partial charge in [0.05, 0.1) is 45.3 Å². The van der Waals surface area contributed by atoms with Crippen LogP contribution in [0.5, 0.6) is 0 Å². The van der Waals surface area contributed by atoms with Gasteiger partial charge in [-0.15, -0.1) is 0 Å². The van der Waals surface area contributed by atoms with Crippen LogP contribution in [0.3, 0.4) is 0 Å². The second-order valence-electron chi connectivity index (χ2n) is 9.38. The van der Waals surface area contributed by atoms with E-state index in [0.29, 0.717) is 45.2 Å². The molecule has 3 aromatic carbocycles. The average molecular weight is 515 g/mol. The molecule has 0 saturated heterocycles. The molecule has 1 N–H and O–H groups in total. The zero-order chi connectivity index (χ0) is 27.1. The van der Waals surface area contributed by atoms with Gasteiger partial charge >= 0.3 is 0 Å². The molecule has 192 valence electrons. The Kier molecular flexibility index (Phi) is 5.92. The van der Waals surface area contributed by atoms with Crippen LogP contribution >= 0.6 is 0 Å². The van der Waals surface area contributed by atoms with Gasteiger partial charge in [0.15, 0.2) is 0 Å². The van der Waals surface area contributed by atoms with Crippen molar-refractivity contribution in [3.05, 3.63) is 124 Å². The number of hydrogen-bond donors (Lipinski definition) is 1. The van der Waals surface area contributed by atoms with E-state index >= 15 is 0 Å². The molecule has 0 bridgehead atoms. The van der Waals surface area contributed by atoms with Gasteiger partial charge in [0.1, 0.15) is 0 Å². The predicted molar refractivity (Wildman–Crippen MR) is 153 cm³/mol. The second-order valence-corrected chi connectivity index (χ2v) is 9.38. The van der Waals surface area contributed by atoms with E-state index in [1.165, 1.54) is 9.69 Å². The molecular formula is C31H26N6O2. The number of aryl methyl sites for hydroxylation is 2. The number of aromatic amines is 1. The van der Waals surface area contributed by atoms with Gasteiger partial charge in [0.25, 0.3) is 11.5 Å². The molecule has 0 unspecified atom stereocenters. The lowest BCUT2D eigenvalue weighted by atomic mass is 10.0. The topological polar surface area (TPSA) is 88.3 Å². The van der Waals surface area contributed by atoms with Crippen molar-refractivity contribution in [2.24, 2.45) is 5.10 Å². The quantitative estimate of drug-likeness (QED) is 0.317. The number of aromatic nitrogens is 4. The highest BCUT2D eigenvalue weighted by molar-refractivity contribution is 6.32. The first-order valence-corrected chi connectivity index (χ1v) is 12.6. The first-order chi connectivity index (χ1) is 18.9. The molecule has 3 heterocycles. The third-order valence-electron chi connectivity index (χ3n) is 6.78. The molecule has 5 aromatic rings. The van der Waals surface area contributed by atoms with Gasteiger partial charge in [-0.1, -0.05) is 54.6 Å². The SMILES string of the molecule is CC1=NN(c2ccccc2)C(=O)C1=Cc1c(C)nn(-c2ccccc2)c1-c1c(C)[nH]n(-c2ccccc2)c1=O. The van der Waals surface area contributed by atoms with Crippen LogP contribution in [-0.2, 0) is 4.79 Å². The highest BCUT2D eigenvalue weighted by Crippen LogP contribution is 2.33. The fraction of sp³-hybridized carbons (Fsp3) is 0.0968. The van der Waals surface area contributed by atoms with Crippen LogP contribution in [0.2, 0.25) is 0 Å². The Labute approximate surface area is 225 Å². The zero-order valence-electron chi connectivity index (χ0n) is 21.8. The first-order valence-electron chi connectivity index (χ1n) is 12.6. The molecule has 39 heavy (non-hydrogen) atoms. The number of nitrogens with one attached hydrogen (secondary N) is 1. The van der Waals surface area contributed by atoms with Crippen molar-refractivity contribution in [3.63, 3.8) is 0 Å². The summed E-state index contributed by atoms with van der Waals surface area (Å²) >= 11 is 0. The highest BCUT2D eigenvalue weighted by Gasteiger charge is 2.31. The molecule has 8 heteroatoms. The molecule has 0 aliphatic carbocycles. The summed E-state index contributed by atoms with van der Waals surface area (Å²) < 4.78 is 3.30. The zero-order valence-corrected chi connectivity index (χ0v) is 21.8. The van der Waals surface area contributed by atoms with E-state index in [9.17, 15) is 9.59 Å². The van der Waals surface area contributed by atoms with Crippen LogP contribution in [0.4, 0.5) is 5.69 Å². The van der Waals surface area contributed by atoms with Gasteiger partial charge in [0, 0.05) is 11.3 Å². The minimum absolute atomic E-state index is 0.204. The van der Waals surface area contributed by atoms with Crippen molar-refractivity contribution in [2.75, 3.05) is 5.01 Å². The van der Waals surface area contributed by atoms with Gasteiger partial charge in [0.2, 0.25) is 0 Å². The molecule has 2 aromatic heterocycles. The number of rotatable bonds is 5. The summed E-state index contributed by atoms with van der Waals surface area (Å²) in [6, 6.07) is 28.4. The lowest BCUT2D eigenvalue weighted by Gasteiger charge is -2.11. The largest absolute Gasteiger partial charge is 0.295 e. The number of carbonyl (C=O) groups is 1. The second kappa shape index (κ2) is 9.57. The van der Waals surface area contributed by atoms with Gasteiger partial charge < -0.3 is 0 Å². The lowest BCUT2D eigenvalue weighted by Crippen LogP contribution is -2.21. The molecule has 1 aliphatic heterocycles. The summed E-state index contributed by atoms with van der Waals surface area (Å²) in [7, 11) is 0. The molecule has 0 spiro atoms. The highest BCUT2D eigenvalue weighted by atomic mass is 16.2. The maximum absolute atomic E-state index is 13.9. The predicted octanol–water partition coefficient (Wildman–Crippen LogP) is 5.44. The molecular weight excluding hydrogens is 488 g/mol. The van der Waals surface area contributed by atoms with Crippen LogP contribution in [-0.4, -0.2) is 31.2 Å². The monoisotopic (exact) mass is 514 g/mol. The Bertz CT molecular complexity index is 1810. The van der Waals surface area contributed by atoms with Crippen molar-refractivity contribution >= 4 is 23.4 Å². The van der Waals surface area contributed by atoms with Crippen molar-refractivity contribution in [1.29, 1.82) is 0 Å². The number of hydrogen-bond acceptors (Lipinski definition) is 4. The number of anilines is 1. The number of benzene rings is 3. The average Bonchev–Trinajstić information content (AvgIpc) is 3.55. The van der Waals surface area contributed by atoms with Gasteiger partial charge in [-0.25, -0.2) is 9.36 Å². The van der Waals surface area contributed by atoms with E-state index in [1.807, 2.05) is 112 Å². The molecule has 0 atom stereocenters. The minimum atomic E-state index is -0.232. The summed E-state index contributed by atoms with van der Waals surface area (Å²) in [5.74, 6) is -0.232. The standard InChI is InChI=1S/C31H26N6O2/c1-20-26(19-27-21(2)33-36(30(27)38)24-15-9-5-10-16-24)29(35(32-20)23-13-7-4-8-14-23)28-22(3)34-37(31(28)39)25-17-11-6-12-18-25/h4-19,34H,1-3H3. The molecule has 0 saturated carbocycles. The normalized spacial score (nSPS) is 14.3. The van der Waals surface area contributed by atoms with E-state index < -0.39 is 0 Å². The Hall–Kier alpha value is -5.24. The smallest absolute Gasteiger partial charge is 0.280 e. The van der Waals surface area contributed by atoms with E-state index in [-0.39, 0.29) is 11.5 Å². The number of carbonyl (C=O) groups excluding carboxylic acids is 1. The minimum Gasteiger partial charge on any atom is -0.295 e. The molecule has 1 aliphatic rings. The number of nitrogens with zero attached hydrogens (tertiary/aromatic N) is 5. The summed E-state index contributed by atoms with van der Waals surface area (Å²) in [5.41, 5.74) is 6.22. The fourth-order valence-corrected chi connectivity index (χ4v) is 4.87. The van der Waals surface area contributed by atoms with E-state index in [4.69, 9.17) is 5.10 Å².